The molecule has 1 heterocycles. The van der Waals surface area contributed by atoms with Crippen molar-refractivity contribution in [2.75, 3.05) is 11.1 Å². The number of aryl methyl sites for hydroxylation is 1. The Morgan fingerprint density at radius 1 is 1.38 bits per heavy atom. The molecule has 0 aliphatic carbocycles. The predicted octanol–water partition coefficient (Wildman–Crippen LogP) is 3.42. The van der Waals surface area contributed by atoms with E-state index in [0.717, 1.165) is 12.2 Å². The summed E-state index contributed by atoms with van der Waals surface area (Å²) >= 11 is 13.1. The summed E-state index contributed by atoms with van der Waals surface area (Å²) in [4.78, 5) is 11.9. The number of benzene rings is 1. The van der Waals surface area contributed by atoms with Crippen LogP contribution in [0.25, 0.3) is 0 Å². The summed E-state index contributed by atoms with van der Waals surface area (Å²) in [7, 11) is 1.88. The Hall–Kier alpha value is -1.24. The molecule has 5 nitrogen and oxygen atoms in total. The number of nitrogens with zero attached hydrogens (tertiary/aromatic N) is 3. The number of rotatable bonds is 5. The SMILES string of the molecule is CCc1nnc(SCC(=O)Nc2ccc(Cl)cc2Cl)n1C. The summed E-state index contributed by atoms with van der Waals surface area (Å²) in [6.07, 6.45) is 0.802. The van der Waals surface area contributed by atoms with E-state index in [-0.39, 0.29) is 11.7 Å². The third-order valence-electron chi connectivity index (χ3n) is 2.78. The van der Waals surface area contributed by atoms with Gasteiger partial charge in [0.05, 0.1) is 16.5 Å². The fourth-order valence-electron chi connectivity index (χ4n) is 1.69. The van der Waals surface area contributed by atoms with E-state index >= 15 is 0 Å². The largest absolute Gasteiger partial charge is 0.324 e. The van der Waals surface area contributed by atoms with E-state index < -0.39 is 0 Å². The topological polar surface area (TPSA) is 59.8 Å². The van der Waals surface area contributed by atoms with Crippen molar-refractivity contribution < 1.29 is 4.79 Å². The molecule has 0 spiro atoms. The fourth-order valence-corrected chi connectivity index (χ4v) is 2.87. The highest BCUT2D eigenvalue weighted by Crippen LogP contribution is 2.25. The van der Waals surface area contributed by atoms with Crippen LogP contribution < -0.4 is 5.32 Å². The van der Waals surface area contributed by atoms with Crippen LogP contribution >= 0.6 is 35.0 Å². The van der Waals surface area contributed by atoms with Gasteiger partial charge >= 0.3 is 0 Å². The minimum atomic E-state index is -0.162. The van der Waals surface area contributed by atoms with Gasteiger partial charge in [0.2, 0.25) is 5.91 Å². The molecule has 0 radical (unpaired) electrons. The first-order chi connectivity index (χ1) is 10.0. The zero-order valence-electron chi connectivity index (χ0n) is 11.6. The standard InChI is InChI=1S/C13H14Cl2N4OS/c1-3-11-17-18-13(19(11)2)21-7-12(20)16-10-5-4-8(14)6-9(10)15/h4-6H,3,7H2,1-2H3,(H,16,20). The maximum Gasteiger partial charge on any atom is 0.234 e. The molecular weight excluding hydrogens is 331 g/mol. The summed E-state index contributed by atoms with van der Waals surface area (Å²) in [6.45, 7) is 2.01. The lowest BCUT2D eigenvalue weighted by Gasteiger charge is -2.07. The second-order valence-electron chi connectivity index (χ2n) is 4.27. The second-order valence-corrected chi connectivity index (χ2v) is 6.06. The van der Waals surface area contributed by atoms with Crippen molar-refractivity contribution >= 4 is 46.6 Å². The zero-order valence-corrected chi connectivity index (χ0v) is 13.9. The average molecular weight is 345 g/mol. The maximum absolute atomic E-state index is 11.9. The fraction of sp³-hybridized carbons (Fsp3) is 0.308. The molecular formula is C13H14Cl2N4OS. The highest BCUT2D eigenvalue weighted by atomic mass is 35.5. The van der Waals surface area contributed by atoms with Gasteiger partial charge < -0.3 is 9.88 Å². The molecule has 0 fully saturated rings. The first kappa shape index (κ1) is 16.1. The number of carbonyl (C=O) groups is 1. The van der Waals surface area contributed by atoms with Crippen LogP contribution in [0.1, 0.15) is 12.7 Å². The molecule has 0 atom stereocenters. The van der Waals surface area contributed by atoms with Gasteiger partial charge in [-0.3, -0.25) is 4.79 Å². The number of amides is 1. The summed E-state index contributed by atoms with van der Waals surface area (Å²) in [6, 6.07) is 4.93. The molecule has 1 N–H and O–H groups in total. The van der Waals surface area contributed by atoms with Crippen LogP contribution in [0.2, 0.25) is 10.0 Å². The highest BCUT2D eigenvalue weighted by molar-refractivity contribution is 7.99. The van der Waals surface area contributed by atoms with Gasteiger partial charge in [-0.1, -0.05) is 41.9 Å². The van der Waals surface area contributed by atoms with E-state index in [4.69, 9.17) is 23.2 Å². The third-order valence-corrected chi connectivity index (χ3v) is 4.35. The molecule has 1 aromatic carbocycles. The van der Waals surface area contributed by atoms with E-state index in [9.17, 15) is 4.79 Å². The Morgan fingerprint density at radius 3 is 2.76 bits per heavy atom. The first-order valence-electron chi connectivity index (χ1n) is 6.27. The smallest absolute Gasteiger partial charge is 0.234 e. The quantitative estimate of drug-likeness (QED) is 0.844. The van der Waals surface area contributed by atoms with Gasteiger partial charge in [0, 0.05) is 18.5 Å². The third kappa shape index (κ3) is 4.12. The van der Waals surface area contributed by atoms with Crippen LogP contribution in [0.5, 0.6) is 0 Å². The van der Waals surface area contributed by atoms with Crippen LogP contribution in [-0.2, 0) is 18.3 Å². The summed E-state index contributed by atoms with van der Waals surface area (Å²) in [5.74, 6) is 0.957. The molecule has 0 saturated carbocycles. The van der Waals surface area contributed by atoms with Crippen molar-refractivity contribution in [3.63, 3.8) is 0 Å². The molecule has 1 aromatic heterocycles. The van der Waals surface area contributed by atoms with Crippen LogP contribution in [-0.4, -0.2) is 26.4 Å². The van der Waals surface area contributed by atoms with Gasteiger partial charge in [-0.15, -0.1) is 10.2 Å². The number of anilines is 1. The van der Waals surface area contributed by atoms with Crippen molar-refractivity contribution in [3.8, 4) is 0 Å². The number of hydrogen-bond acceptors (Lipinski definition) is 4. The molecule has 0 saturated heterocycles. The maximum atomic E-state index is 11.9. The van der Waals surface area contributed by atoms with E-state index in [0.29, 0.717) is 20.9 Å². The highest BCUT2D eigenvalue weighted by Gasteiger charge is 2.11. The van der Waals surface area contributed by atoms with E-state index in [2.05, 4.69) is 15.5 Å². The summed E-state index contributed by atoms with van der Waals surface area (Å²) in [5.41, 5.74) is 0.541. The zero-order chi connectivity index (χ0) is 15.4. The van der Waals surface area contributed by atoms with Crippen molar-refractivity contribution in [3.05, 3.63) is 34.1 Å². The number of carbonyl (C=O) groups excluding carboxylic acids is 1. The summed E-state index contributed by atoms with van der Waals surface area (Å²) in [5, 5.41) is 12.5. The lowest BCUT2D eigenvalue weighted by Crippen LogP contribution is -2.14. The minimum absolute atomic E-state index is 0.162. The molecule has 0 bridgehead atoms. The Morgan fingerprint density at radius 2 is 2.14 bits per heavy atom. The van der Waals surface area contributed by atoms with E-state index in [1.807, 2.05) is 18.5 Å². The van der Waals surface area contributed by atoms with Gasteiger partial charge in [0.25, 0.3) is 0 Å². The lowest BCUT2D eigenvalue weighted by molar-refractivity contribution is -0.113. The number of thioether (sulfide) groups is 1. The van der Waals surface area contributed by atoms with Crippen LogP contribution in [0.15, 0.2) is 23.4 Å². The Kier molecular flexibility index (Phi) is 5.50. The summed E-state index contributed by atoms with van der Waals surface area (Å²) < 4.78 is 1.88. The molecule has 2 aromatic rings. The number of nitrogens with one attached hydrogen (secondary N) is 1. The average Bonchev–Trinajstić information content (AvgIpc) is 2.80. The van der Waals surface area contributed by atoms with Gasteiger partial charge in [0.1, 0.15) is 5.82 Å². The molecule has 0 aliphatic rings. The number of halogens is 2. The van der Waals surface area contributed by atoms with Gasteiger partial charge in [0.15, 0.2) is 5.16 Å². The van der Waals surface area contributed by atoms with Crippen molar-refractivity contribution in [2.45, 2.75) is 18.5 Å². The van der Waals surface area contributed by atoms with Crippen molar-refractivity contribution in [1.82, 2.24) is 14.8 Å². The van der Waals surface area contributed by atoms with Crippen LogP contribution in [0, 0.1) is 0 Å². The van der Waals surface area contributed by atoms with Crippen molar-refractivity contribution in [2.24, 2.45) is 7.05 Å². The number of hydrogen-bond donors (Lipinski definition) is 1. The van der Waals surface area contributed by atoms with Crippen LogP contribution in [0.4, 0.5) is 5.69 Å². The van der Waals surface area contributed by atoms with Gasteiger partial charge in [-0.25, -0.2) is 0 Å². The van der Waals surface area contributed by atoms with E-state index in [1.54, 1.807) is 18.2 Å². The van der Waals surface area contributed by atoms with E-state index in [1.165, 1.54) is 11.8 Å². The molecule has 0 aliphatic heterocycles. The van der Waals surface area contributed by atoms with Gasteiger partial charge in [-0.2, -0.15) is 0 Å². The molecule has 112 valence electrons. The van der Waals surface area contributed by atoms with Crippen molar-refractivity contribution in [1.29, 1.82) is 0 Å². The molecule has 0 unspecified atom stereocenters. The number of aromatic nitrogens is 3. The molecule has 21 heavy (non-hydrogen) atoms. The first-order valence-corrected chi connectivity index (χ1v) is 8.01. The Balaban J connectivity index is 1.94. The molecule has 8 heteroatoms. The monoisotopic (exact) mass is 344 g/mol. The Labute approximate surface area is 137 Å². The predicted molar refractivity (Wildman–Crippen MR) is 86.2 cm³/mol. The van der Waals surface area contributed by atoms with Crippen LogP contribution in [0.3, 0.4) is 0 Å². The van der Waals surface area contributed by atoms with Gasteiger partial charge in [-0.05, 0) is 18.2 Å². The minimum Gasteiger partial charge on any atom is -0.324 e. The lowest BCUT2D eigenvalue weighted by atomic mass is 10.3. The second kappa shape index (κ2) is 7.15. The molecule has 1 amide bonds. The normalized spacial score (nSPS) is 10.7. The molecule has 2 rings (SSSR count). The Bertz CT molecular complexity index is 660.